The minimum Gasteiger partial charge on any atom is -0.426 e. The summed E-state index contributed by atoms with van der Waals surface area (Å²) in [7, 11) is 0. The molecule has 0 unspecified atom stereocenters. The fourth-order valence-electron chi connectivity index (χ4n) is 5.04. The van der Waals surface area contributed by atoms with Gasteiger partial charge in [-0.2, -0.15) is 0 Å². The number of imide groups is 1. The Balaban J connectivity index is 1.29. The van der Waals surface area contributed by atoms with Crippen LogP contribution in [0.25, 0.3) is 0 Å². The maximum absolute atomic E-state index is 12.9. The predicted octanol–water partition coefficient (Wildman–Crippen LogP) is 3.98. The Morgan fingerprint density at radius 3 is 2.24 bits per heavy atom. The van der Waals surface area contributed by atoms with E-state index in [1.807, 2.05) is 0 Å². The third-order valence-corrected chi connectivity index (χ3v) is 6.98. The molecule has 2 saturated heterocycles. The van der Waals surface area contributed by atoms with Crippen LogP contribution in [0.3, 0.4) is 0 Å². The minimum atomic E-state index is -0.616. The summed E-state index contributed by atoms with van der Waals surface area (Å²) in [6, 6.07) is 13.3. The number of benzene rings is 2. The Labute approximate surface area is 196 Å². The Hall–Kier alpha value is -3.19. The van der Waals surface area contributed by atoms with E-state index in [0.717, 1.165) is 25.7 Å². The van der Waals surface area contributed by atoms with E-state index in [-0.39, 0.29) is 48.3 Å². The van der Waals surface area contributed by atoms with Gasteiger partial charge in [0.2, 0.25) is 17.7 Å². The van der Waals surface area contributed by atoms with Gasteiger partial charge in [0.05, 0.1) is 23.4 Å². The van der Waals surface area contributed by atoms with Gasteiger partial charge in [-0.05, 0) is 49.2 Å². The van der Waals surface area contributed by atoms with Crippen molar-refractivity contribution in [3.05, 3.63) is 53.6 Å². The van der Waals surface area contributed by atoms with Crippen LogP contribution in [0, 0.1) is 17.8 Å². The first-order chi connectivity index (χ1) is 15.9. The summed E-state index contributed by atoms with van der Waals surface area (Å²) in [5.74, 6) is -1.91. The number of hydrogen-bond acceptors (Lipinski definition) is 5. The van der Waals surface area contributed by atoms with Crippen molar-refractivity contribution in [2.75, 3.05) is 16.3 Å². The number of rotatable bonds is 4. The summed E-state index contributed by atoms with van der Waals surface area (Å²) in [6.07, 6.45) is 3.44. The lowest BCUT2D eigenvalue weighted by molar-refractivity contribution is -0.139. The topological polar surface area (TPSA) is 84.0 Å². The van der Waals surface area contributed by atoms with Crippen molar-refractivity contribution in [3.8, 4) is 5.75 Å². The van der Waals surface area contributed by atoms with E-state index < -0.39 is 11.9 Å². The Morgan fingerprint density at radius 1 is 0.909 bits per heavy atom. The van der Waals surface area contributed by atoms with Crippen molar-refractivity contribution in [2.45, 2.75) is 32.1 Å². The minimum absolute atomic E-state index is 0.0492. The molecule has 0 N–H and O–H groups in total. The van der Waals surface area contributed by atoms with Gasteiger partial charge in [-0.3, -0.25) is 19.2 Å². The Morgan fingerprint density at radius 2 is 1.58 bits per heavy atom. The van der Waals surface area contributed by atoms with Crippen LogP contribution in [-0.4, -0.2) is 30.2 Å². The van der Waals surface area contributed by atoms with Crippen molar-refractivity contribution < 1.29 is 23.9 Å². The van der Waals surface area contributed by atoms with Crippen molar-refractivity contribution in [1.82, 2.24) is 0 Å². The third-order valence-electron chi connectivity index (χ3n) is 6.73. The molecule has 2 aliphatic heterocycles. The molecule has 3 aliphatic rings. The molecular formula is C25H23ClN2O5. The Bertz CT molecular complexity index is 1110. The maximum Gasteiger partial charge on any atom is 0.316 e. The zero-order chi connectivity index (χ0) is 23.1. The molecular weight excluding hydrogens is 444 g/mol. The van der Waals surface area contributed by atoms with E-state index in [4.69, 9.17) is 16.3 Å². The first kappa shape index (κ1) is 21.6. The summed E-state index contributed by atoms with van der Waals surface area (Å²) in [6.45, 7) is 0.214. The molecule has 8 heteroatoms. The summed E-state index contributed by atoms with van der Waals surface area (Å²) < 4.78 is 5.55. The van der Waals surface area contributed by atoms with Gasteiger partial charge in [0.15, 0.2) is 0 Å². The van der Waals surface area contributed by atoms with Gasteiger partial charge in [0.1, 0.15) is 5.75 Å². The molecule has 7 nitrogen and oxygen atoms in total. The highest BCUT2D eigenvalue weighted by atomic mass is 35.5. The molecule has 5 rings (SSSR count). The van der Waals surface area contributed by atoms with Crippen LogP contribution < -0.4 is 14.5 Å². The van der Waals surface area contributed by atoms with E-state index >= 15 is 0 Å². The lowest BCUT2D eigenvalue weighted by Gasteiger charge is -2.19. The largest absolute Gasteiger partial charge is 0.426 e. The lowest BCUT2D eigenvalue weighted by Crippen LogP contribution is -2.31. The van der Waals surface area contributed by atoms with Crippen LogP contribution in [0.5, 0.6) is 5.75 Å². The number of carbonyl (C=O) groups excluding carboxylic acids is 4. The third kappa shape index (κ3) is 4.02. The molecule has 33 heavy (non-hydrogen) atoms. The second kappa shape index (κ2) is 8.63. The average molecular weight is 467 g/mol. The fourth-order valence-corrected chi connectivity index (χ4v) is 5.16. The van der Waals surface area contributed by atoms with Crippen molar-refractivity contribution >= 4 is 46.7 Å². The smallest absolute Gasteiger partial charge is 0.316 e. The highest BCUT2D eigenvalue weighted by Crippen LogP contribution is 2.40. The highest BCUT2D eigenvalue weighted by molar-refractivity contribution is 6.30. The SMILES string of the molecule is O=C(Oc1cccc(N2C(=O)[C@H]3CCCC[C@H]3C2=O)c1)[C@H]1CC(=O)N(c2ccc(Cl)cc2)C1. The monoisotopic (exact) mass is 466 g/mol. The van der Waals surface area contributed by atoms with Crippen LogP contribution in [0.15, 0.2) is 48.5 Å². The zero-order valence-electron chi connectivity index (χ0n) is 17.9. The standard InChI is InChI=1S/C25H23ClN2O5/c26-16-8-10-17(11-9-16)27-14-15(12-22(27)29)25(32)33-19-5-3-4-18(13-19)28-23(30)20-6-1-2-7-21(20)24(28)31/h3-5,8-11,13,15,20-21H,1-2,6-7,12,14H2/t15-,20-,21+/m0/s1. The number of anilines is 2. The highest BCUT2D eigenvalue weighted by Gasteiger charge is 2.48. The number of hydrogen-bond donors (Lipinski definition) is 0. The maximum atomic E-state index is 12.9. The molecule has 0 bridgehead atoms. The van der Waals surface area contributed by atoms with Crippen LogP contribution in [-0.2, 0) is 19.2 Å². The average Bonchev–Trinajstić information content (AvgIpc) is 3.32. The van der Waals surface area contributed by atoms with Gasteiger partial charge in [0.25, 0.3) is 0 Å². The number of ether oxygens (including phenoxy) is 1. The molecule has 1 saturated carbocycles. The van der Waals surface area contributed by atoms with Crippen LogP contribution >= 0.6 is 11.6 Å². The molecule has 2 aromatic carbocycles. The molecule has 2 aromatic rings. The molecule has 2 heterocycles. The van der Waals surface area contributed by atoms with Crippen molar-refractivity contribution in [2.24, 2.45) is 17.8 Å². The number of halogens is 1. The van der Waals surface area contributed by atoms with Crippen LogP contribution in [0.1, 0.15) is 32.1 Å². The van der Waals surface area contributed by atoms with E-state index in [9.17, 15) is 19.2 Å². The van der Waals surface area contributed by atoms with Gasteiger partial charge < -0.3 is 9.64 Å². The number of nitrogens with zero attached hydrogens (tertiary/aromatic N) is 2. The van der Waals surface area contributed by atoms with Crippen molar-refractivity contribution in [1.29, 1.82) is 0 Å². The van der Waals surface area contributed by atoms with E-state index in [0.29, 0.717) is 16.4 Å². The fraction of sp³-hybridized carbons (Fsp3) is 0.360. The van der Waals surface area contributed by atoms with Gasteiger partial charge >= 0.3 is 5.97 Å². The molecule has 0 aromatic heterocycles. The number of esters is 1. The van der Waals surface area contributed by atoms with Gasteiger partial charge in [-0.1, -0.05) is 30.5 Å². The predicted molar refractivity (Wildman–Crippen MR) is 122 cm³/mol. The second-order valence-corrected chi connectivity index (χ2v) is 9.25. The molecule has 0 radical (unpaired) electrons. The normalized spacial score (nSPS) is 24.9. The summed E-state index contributed by atoms with van der Waals surface area (Å²) in [5, 5.41) is 0.565. The van der Waals surface area contributed by atoms with Crippen molar-refractivity contribution in [3.63, 3.8) is 0 Å². The summed E-state index contributed by atoms with van der Waals surface area (Å²) in [5.41, 5.74) is 1.09. The first-order valence-electron chi connectivity index (χ1n) is 11.2. The number of fused-ring (bicyclic) bond motifs is 1. The van der Waals surface area contributed by atoms with E-state index in [1.165, 1.54) is 4.90 Å². The van der Waals surface area contributed by atoms with Gasteiger partial charge in [-0.15, -0.1) is 0 Å². The molecule has 3 atom stereocenters. The van der Waals surface area contributed by atoms with E-state index in [1.54, 1.807) is 53.4 Å². The molecule has 170 valence electrons. The Kier molecular flexibility index (Phi) is 5.66. The number of carbonyl (C=O) groups is 4. The van der Waals surface area contributed by atoms with E-state index in [2.05, 4.69) is 0 Å². The lowest BCUT2D eigenvalue weighted by atomic mass is 9.81. The summed E-state index contributed by atoms with van der Waals surface area (Å²) in [4.78, 5) is 53.8. The second-order valence-electron chi connectivity index (χ2n) is 8.81. The van der Waals surface area contributed by atoms with Crippen LogP contribution in [0.2, 0.25) is 5.02 Å². The first-order valence-corrected chi connectivity index (χ1v) is 11.6. The molecule has 3 fully saturated rings. The zero-order valence-corrected chi connectivity index (χ0v) is 18.7. The summed E-state index contributed by atoms with van der Waals surface area (Å²) >= 11 is 5.91. The number of amides is 3. The quantitative estimate of drug-likeness (QED) is 0.386. The van der Waals surface area contributed by atoms with Gasteiger partial charge in [-0.25, -0.2) is 4.90 Å². The molecule has 0 spiro atoms. The van der Waals surface area contributed by atoms with Crippen LogP contribution in [0.4, 0.5) is 11.4 Å². The van der Waals surface area contributed by atoms with Gasteiger partial charge in [0, 0.05) is 29.7 Å². The molecule has 1 aliphatic carbocycles. The molecule has 3 amide bonds.